The molecular weight excluding hydrogens is 175 g/mol. The molecule has 0 radical (unpaired) electrons. The van der Waals surface area contributed by atoms with Crippen LogP contribution in [0.1, 0.15) is 0 Å². The maximum absolute atomic E-state index is 9.00. The number of amides is 2. The van der Waals surface area contributed by atoms with Crippen molar-refractivity contribution in [3.05, 3.63) is 0 Å². The normalized spacial score (nSPS) is 4.00. The second-order valence-corrected chi connectivity index (χ2v) is 0.402. The van der Waals surface area contributed by atoms with Gasteiger partial charge in [-0.3, -0.25) is 0 Å². The van der Waals surface area contributed by atoms with E-state index in [-0.39, 0.29) is 26.2 Å². The van der Waals surface area contributed by atoms with Crippen molar-refractivity contribution in [3.63, 3.8) is 0 Å². The molecule has 4 N–H and O–H groups in total. The van der Waals surface area contributed by atoms with Crippen molar-refractivity contribution in [2.24, 2.45) is 11.5 Å². The summed E-state index contributed by atoms with van der Waals surface area (Å²) in [5.41, 5.74) is 8.50. The smallest absolute Gasteiger partial charge is 0.309 e. The van der Waals surface area contributed by atoms with Gasteiger partial charge in [0.1, 0.15) is 6.79 Å². The van der Waals surface area contributed by atoms with E-state index in [1.807, 2.05) is 6.79 Å². The summed E-state index contributed by atoms with van der Waals surface area (Å²) in [6.45, 7) is 2.00. The second-order valence-electron chi connectivity index (χ2n) is 0.402. The fourth-order valence-electron chi connectivity index (χ4n) is 0. The third-order valence-electron chi connectivity index (χ3n) is 0. The summed E-state index contributed by atoms with van der Waals surface area (Å²) in [6, 6.07) is -0.833. The van der Waals surface area contributed by atoms with Crippen LogP contribution in [0.5, 0.6) is 0 Å². The molecule has 0 aliphatic heterocycles. The third kappa shape index (κ3) is 2720. The number of hydrogen-bond donors (Lipinski definition) is 2. The molecule has 0 unspecified atom stereocenters. The van der Waals surface area contributed by atoms with Crippen molar-refractivity contribution in [3.8, 4) is 0 Å². The minimum absolute atomic E-state index is 0. The standard InChI is InChI=1S/CH4N2O.CH2O.Zr/c2-1(3)4;1-2;/h(H4,2,3,4);1H2;. The summed E-state index contributed by atoms with van der Waals surface area (Å²) in [7, 11) is 0. The second kappa shape index (κ2) is 17.0. The Morgan fingerprint density at radius 3 is 1.29 bits per heavy atom. The van der Waals surface area contributed by atoms with E-state index >= 15 is 0 Å². The molecule has 0 atom stereocenters. The first-order valence-corrected chi connectivity index (χ1v) is 1.07. The van der Waals surface area contributed by atoms with Crippen molar-refractivity contribution < 1.29 is 35.8 Å². The van der Waals surface area contributed by atoms with Crippen LogP contribution in [0.15, 0.2) is 0 Å². The monoisotopic (exact) mass is 180 g/mol. The minimum atomic E-state index is -0.833. The van der Waals surface area contributed by atoms with Crippen LogP contribution in [0.25, 0.3) is 0 Å². The van der Waals surface area contributed by atoms with E-state index in [1.165, 1.54) is 0 Å². The summed E-state index contributed by atoms with van der Waals surface area (Å²) in [4.78, 5) is 17.0. The SMILES string of the molecule is C=O.NC(N)=O.[Zr]. The molecule has 0 aromatic heterocycles. The Morgan fingerprint density at radius 1 is 1.29 bits per heavy atom. The molecule has 0 spiro atoms. The Balaban J connectivity index is -0.0000000480. The number of nitrogens with two attached hydrogens (primary N) is 2. The van der Waals surface area contributed by atoms with Crippen LogP contribution in [0.4, 0.5) is 4.79 Å². The third-order valence-corrected chi connectivity index (χ3v) is 0. The van der Waals surface area contributed by atoms with Crippen molar-refractivity contribution in [1.29, 1.82) is 0 Å². The van der Waals surface area contributed by atoms with E-state index in [0.717, 1.165) is 0 Å². The summed E-state index contributed by atoms with van der Waals surface area (Å²) in [5.74, 6) is 0. The first-order valence-electron chi connectivity index (χ1n) is 1.07. The van der Waals surface area contributed by atoms with Gasteiger partial charge in [0, 0.05) is 26.2 Å². The maximum Gasteiger partial charge on any atom is 0.309 e. The molecule has 0 bridgehead atoms. The number of carbonyl (C=O) groups excluding carboxylic acids is 2. The van der Waals surface area contributed by atoms with Crippen LogP contribution in [0.3, 0.4) is 0 Å². The molecule has 0 heterocycles. The molecule has 0 aromatic rings. The molecule has 0 rings (SSSR count). The number of rotatable bonds is 0. The first-order chi connectivity index (χ1) is 2.73. The largest absolute Gasteiger partial charge is 0.352 e. The zero-order valence-electron chi connectivity index (χ0n) is 3.68. The van der Waals surface area contributed by atoms with Gasteiger partial charge < -0.3 is 16.3 Å². The van der Waals surface area contributed by atoms with Crippen molar-refractivity contribution in [1.82, 2.24) is 0 Å². The minimum Gasteiger partial charge on any atom is -0.352 e. The first kappa shape index (κ1) is 15.8. The van der Waals surface area contributed by atoms with E-state index in [0.29, 0.717) is 0 Å². The number of urea groups is 1. The summed E-state index contributed by atoms with van der Waals surface area (Å²) >= 11 is 0. The zero-order chi connectivity index (χ0) is 5.58. The Bertz CT molecular complexity index is 45.0. The molecule has 0 saturated carbocycles. The van der Waals surface area contributed by atoms with Gasteiger partial charge in [0.25, 0.3) is 0 Å². The number of primary amides is 2. The van der Waals surface area contributed by atoms with Gasteiger partial charge >= 0.3 is 6.03 Å². The zero-order valence-corrected chi connectivity index (χ0v) is 6.14. The molecule has 2 amide bonds. The Morgan fingerprint density at radius 2 is 1.29 bits per heavy atom. The number of hydrogen-bond acceptors (Lipinski definition) is 2. The molecule has 0 saturated heterocycles. The predicted molar refractivity (Wildman–Crippen MR) is 20.9 cm³/mol. The van der Waals surface area contributed by atoms with E-state index in [9.17, 15) is 0 Å². The quantitative estimate of drug-likeness (QED) is 0.494. The van der Waals surface area contributed by atoms with Crippen molar-refractivity contribution in [2.45, 2.75) is 0 Å². The average molecular weight is 181 g/mol. The average Bonchev–Trinajstić information content (AvgIpc) is 1.41. The van der Waals surface area contributed by atoms with Crippen LogP contribution in [-0.2, 0) is 31.0 Å². The van der Waals surface area contributed by atoms with Gasteiger partial charge in [-0.15, -0.1) is 0 Å². The Labute approximate surface area is 60.4 Å². The fraction of sp³-hybridized carbons (Fsp3) is 0. The molecule has 0 fully saturated rings. The Hall–Kier alpha value is -0.177. The van der Waals surface area contributed by atoms with E-state index in [2.05, 4.69) is 11.5 Å². The molecule has 7 heavy (non-hydrogen) atoms. The maximum atomic E-state index is 9.00. The van der Waals surface area contributed by atoms with Gasteiger partial charge in [-0.1, -0.05) is 0 Å². The summed E-state index contributed by atoms with van der Waals surface area (Å²) in [6.07, 6.45) is 0. The van der Waals surface area contributed by atoms with Crippen LogP contribution < -0.4 is 11.5 Å². The molecular formula is C2H6N2O2Zr. The summed E-state index contributed by atoms with van der Waals surface area (Å²) in [5, 5.41) is 0. The van der Waals surface area contributed by atoms with E-state index in [4.69, 9.17) is 9.59 Å². The van der Waals surface area contributed by atoms with Crippen molar-refractivity contribution >= 4 is 12.8 Å². The van der Waals surface area contributed by atoms with E-state index in [1.54, 1.807) is 0 Å². The van der Waals surface area contributed by atoms with Crippen LogP contribution >= 0.6 is 0 Å². The van der Waals surface area contributed by atoms with E-state index < -0.39 is 6.03 Å². The van der Waals surface area contributed by atoms with Gasteiger partial charge in [0.2, 0.25) is 0 Å². The molecule has 5 heteroatoms. The molecule has 4 nitrogen and oxygen atoms in total. The van der Waals surface area contributed by atoms with Crippen LogP contribution in [0.2, 0.25) is 0 Å². The van der Waals surface area contributed by atoms with Crippen LogP contribution in [-0.4, -0.2) is 12.8 Å². The number of carbonyl (C=O) groups is 2. The molecule has 40 valence electrons. The van der Waals surface area contributed by atoms with Gasteiger partial charge in [-0.05, 0) is 0 Å². The van der Waals surface area contributed by atoms with Gasteiger partial charge in [-0.25, -0.2) is 4.79 Å². The molecule has 0 aromatic carbocycles. The van der Waals surface area contributed by atoms with Gasteiger partial charge in [0.05, 0.1) is 0 Å². The van der Waals surface area contributed by atoms with Gasteiger partial charge in [-0.2, -0.15) is 0 Å². The molecule has 0 aliphatic rings. The Kier molecular flexibility index (Phi) is 38.4. The summed E-state index contributed by atoms with van der Waals surface area (Å²) < 4.78 is 0. The topological polar surface area (TPSA) is 86.2 Å². The molecule has 0 aliphatic carbocycles. The fourth-order valence-corrected chi connectivity index (χ4v) is 0. The predicted octanol–water partition coefficient (Wildman–Crippen LogP) is -1.16. The van der Waals surface area contributed by atoms with Crippen molar-refractivity contribution in [2.75, 3.05) is 0 Å². The van der Waals surface area contributed by atoms with Crippen LogP contribution in [0, 0.1) is 0 Å². The van der Waals surface area contributed by atoms with Gasteiger partial charge in [0.15, 0.2) is 0 Å².